The van der Waals surface area contributed by atoms with Crippen molar-refractivity contribution in [2.24, 2.45) is 0 Å². The second kappa shape index (κ2) is 8.22. The molecule has 0 saturated heterocycles. The Morgan fingerprint density at radius 3 is 2.90 bits per heavy atom. The molecule has 0 saturated carbocycles. The molecule has 4 aromatic rings. The first-order valence-electron chi connectivity index (χ1n) is 8.99. The molecule has 2 aromatic heterocycles. The number of anilines is 3. The number of nitrogens with zero attached hydrogens (tertiary/aromatic N) is 4. The Balaban J connectivity index is 1.50. The van der Waals surface area contributed by atoms with E-state index in [4.69, 9.17) is 4.74 Å². The summed E-state index contributed by atoms with van der Waals surface area (Å²) < 4.78 is 33.4. The number of halogens is 2. The van der Waals surface area contributed by atoms with Gasteiger partial charge in [-0.25, -0.2) is 18.7 Å². The van der Waals surface area contributed by atoms with Gasteiger partial charge in [-0.1, -0.05) is 6.07 Å². The van der Waals surface area contributed by atoms with Crippen molar-refractivity contribution in [3.8, 4) is 11.5 Å². The van der Waals surface area contributed by atoms with Crippen LogP contribution in [0.25, 0.3) is 10.9 Å². The maximum absolute atomic E-state index is 13.7. The molecule has 4 rings (SSSR count). The maximum atomic E-state index is 13.7. The maximum Gasteiger partial charge on any atom is 0.246 e. The Labute approximate surface area is 174 Å². The fourth-order valence-electron chi connectivity index (χ4n) is 2.95. The second-order valence-corrected chi connectivity index (χ2v) is 6.46. The Morgan fingerprint density at radius 2 is 2.10 bits per heavy atom. The van der Waals surface area contributed by atoms with Gasteiger partial charge in [-0.05, 0) is 12.1 Å². The van der Waals surface area contributed by atoms with Crippen LogP contribution in [0, 0.1) is 11.6 Å². The number of ether oxygens (including phenoxy) is 1. The van der Waals surface area contributed by atoms with Crippen LogP contribution >= 0.6 is 0 Å². The number of phenolic OH excluding ortho intramolecular Hbond substituents is 1. The van der Waals surface area contributed by atoms with Gasteiger partial charge in [0.1, 0.15) is 30.2 Å². The number of fused-ring (bicyclic) bond motifs is 1. The van der Waals surface area contributed by atoms with E-state index in [1.807, 2.05) is 0 Å². The van der Waals surface area contributed by atoms with Gasteiger partial charge in [0.15, 0.2) is 11.6 Å². The van der Waals surface area contributed by atoms with Gasteiger partial charge in [0.05, 0.1) is 35.6 Å². The fraction of sp³-hybridized carbons (Fsp3) is 0.100. The van der Waals surface area contributed by atoms with E-state index in [1.54, 1.807) is 6.07 Å². The molecule has 0 fully saturated rings. The predicted molar refractivity (Wildman–Crippen MR) is 108 cm³/mol. The van der Waals surface area contributed by atoms with Gasteiger partial charge < -0.3 is 20.5 Å². The van der Waals surface area contributed by atoms with E-state index in [0.717, 1.165) is 6.07 Å². The van der Waals surface area contributed by atoms with Crippen molar-refractivity contribution in [1.29, 1.82) is 0 Å². The highest BCUT2D eigenvalue weighted by Crippen LogP contribution is 2.34. The van der Waals surface area contributed by atoms with Crippen LogP contribution in [0.3, 0.4) is 0 Å². The number of carbonyl (C=O) groups excluding carboxylic acids is 1. The third-order valence-corrected chi connectivity index (χ3v) is 4.35. The largest absolute Gasteiger partial charge is 0.507 e. The van der Waals surface area contributed by atoms with Crippen LogP contribution < -0.4 is 15.4 Å². The fourth-order valence-corrected chi connectivity index (χ4v) is 2.95. The lowest BCUT2D eigenvalue weighted by molar-refractivity contribution is -0.116. The zero-order valence-electron chi connectivity index (χ0n) is 16.1. The summed E-state index contributed by atoms with van der Waals surface area (Å²) in [6, 6.07) is 6.60. The highest BCUT2D eigenvalue weighted by atomic mass is 19.2. The molecule has 0 unspecified atom stereocenters. The van der Waals surface area contributed by atoms with Gasteiger partial charge in [0, 0.05) is 18.3 Å². The van der Waals surface area contributed by atoms with Crippen LogP contribution in [0.2, 0.25) is 0 Å². The first-order chi connectivity index (χ1) is 14.9. The van der Waals surface area contributed by atoms with E-state index in [-0.39, 0.29) is 18.0 Å². The average Bonchev–Trinajstić information content (AvgIpc) is 3.17. The average molecular weight is 426 g/mol. The van der Waals surface area contributed by atoms with E-state index < -0.39 is 17.5 Å². The summed E-state index contributed by atoms with van der Waals surface area (Å²) in [5, 5.41) is 20.1. The van der Waals surface area contributed by atoms with Crippen molar-refractivity contribution in [2.45, 2.75) is 6.54 Å². The first-order valence-corrected chi connectivity index (χ1v) is 8.99. The number of benzene rings is 2. The van der Waals surface area contributed by atoms with Gasteiger partial charge in [0.2, 0.25) is 5.91 Å². The third kappa shape index (κ3) is 4.20. The Hall–Kier alpha value is -4.28. The zero-order chi connectivity index (χ0) is 22.0. The number of methoxy groups -OCH3 is 1. The minimum absolute atomic E-state index is 0.0682. The van der Waals surface area contributed by atoms with Crippen molar-refractivity contribution >= 4 is 34.0 Å². The van der Waals surface area contributed by atoms with Crippen molar-refractivity contribution in [2.75, 3.05) is 17.7 Å². The van der Waals surface area contributed by atoms with Crippen molar-refractivity contribution < 1.29 is 23.4 Å². The van der Waals surface area contributed by atoms with E-state index in [2.05, 4.69) is 25.7 Å². The highest BCUT2D eigenvalue weighted by Gasteiger charge is 2.14. The van der Waals surface area contributed by atoms with Gasteiger partial charge in [-0.15, -0.1) is 0 Å². The molecule has 0 spiro atoms. The number of hydrogen-bond acceptors (Lipinski definition) is 7. The summed E-state index contributed by atoms with van der Waals surface area (Å²) >= 11 is 0. The standard InChI is InChI=1S/C20H16F2N6O3/c1-31-12-5-15-18(16(29)6-12)20(24-10-23-15)26-11-7-25-28(8-11)9-17(30)27-14-4-2-3-13(21)19(14)22/h2-8,10,29H,9H2,1H3,(H,27,30)(H,23,24,26). The topological polar surface area (TPSA) is 114 Å². The minimum Gasteiger partial charge on any atom is -0.507 e. The molecule has 0 aliphatic carbocycles. The Kier molecular flexibility index (Phi) is 5.31. The molecule has 2 aromatic carbocycles. The lowest BCUT2D eigenvalue weighted by Gasteiger charge is -2.09. The van der Waals surface area contributed by atoms with Crippen LogP contribution in [0.1, 0.15) is 0 Å². The lowest BCUT2D eigenvalue weighted by Crippen LogP contribution is -2.19. The molecule has 158 valence electrons. The summed E-state index contributed by atoms with van der Waals surface area (Å²) in [5.41, 5.74) is 0.701. The van der Waals surface area contributed by atoms with Gasteiger partial charge in [-0.2, -0.15) is 5.10 Å². The summed E-state index contributed by atoms with van der Waals surface area (Å²) in [7, 11) is 1.48. The van der Waals surface area contributed by atoms with E-state index in [0.29, 0.717) is 28.2 Å². The first kappa shape index (κ1) is 20.0. The summed E-state index contributed by atoms with van der Waals surface area (Å²) in [6.07, 6.45) is 4.30. The molecule has 0 atom stereocenters. The molecule has 0 aliphatic rings. The quantitative estimate of drug-likeness (QED) is 0.434. The van der Waals surface area contributed by atoms with Crippen LogP contribution in [-0.4, -0.2) is 37.9 Å². The van der Waals surface area contributed by atoms with Crippen LogP contribution in [0.15, 0.2) is 49.1 Å². The molecular weight excluding hydrogens is 410 g/mol. The molecule has 1 amide bonds. The number of aromatic nitrogens is 4. The van der Waals surface area contributed by atoms with Crippen LogP contribution in [0.4, 0.5) is 26.0 Å². The molecule has 9 nitrogen and oxygen atoms in total. The van der Waals surface area contributed by atoms with E-state index >= 15 is 0 Å². The molecular formula is C20H16F2N6O3. The number of nitrogens with one attached hydrogen (secondary N) is 2. The van der Waals surface area contributed by atoms with E-state index in [1.165, 1.54) is 48.7 Å². The smallest absolute Gasteiger partial charge is 0.246 e. The summed E-state index contributed by atoms with van der Waals surface area (Å²) in [5.74, 6) is -2.07. The number of amides is 1. The lowest BCUT2D eigenvalue weighted by atomic mass is 10.2. The Bertz CT molecular complexity index is 1280. The monoisotopic (exact) mass is 426 g/mol. The number of rotatable bonds is 6. The predicted octanol–water partition coefficient (Wildman–Crippen LogP) is 3.20. The van der Waals surface area contributed by atoms with Crippen LogP contribution in [0.5, 0.6) is 11.5 Å². The number of hydrogen-bond donors (Lipinski definition) is 3. The molecule has 0 bridgehead atoms. The molecule has 11 heteroatoms. The molecule has 0 radical (unpaired) electrons. The van der Waals surface area contributed by atoms with Gasteiger partial charge in [-0.3, -0.25) is 9.48 Å². The summed E-state index contributed by atoms with van der Waals surface area (Å²) in [6.45, 7) is -0.232. The second-order valence-electron chi connectivity index (χ2n) is 6.46. The molecule has 3 N–H and O–H groups in total. The summed E-state index contributed by atoms with van der Waals surface area (Å²) in [4.78, 5) is 20.4. The normalized spacial score (nSPS) is 10.8. The molecule has 2 heterocycles. The highest BCUT2D eigenvalue weighted by molar-refractivity contribution is 5.96. The third-order valence-electron chi connectivity index (χ3n) is 4.35. The van der Waals surface area contributed by atoms with Crippen molar-refractivity contribution in [3.05, 3.63) is 60.7 Å². The zero-order valence-corrected chi connectivity index (χ0v) is 16.1. The number of carbonyl (C=O) groups is 1. The van der Waals surface area contributed by atoms with Gasteiger partial charge in [0.25, 0.3) is 0 Å². The Morgan fingerprint density at radius 1 is 1.26 bits per heavy atom. The molecule has 31 heavy (non-hydrogen) atoms. The minimum atomic E-state index is -1.13. The van der Waals surface area contributed by atoms with Crippen molar-refractivity contribution in [3.63, 3.8) is 0 Å². The number of aromatic hydroxyl groups is 1. The number of phenols is 1. The van der Waals surface area contributed by atoms with Crippen LogP contribution in [-0.2, 0) is 11.3 Å². The SMILES string of the molecule is COc1cc(O)c2c(Nc3cnn(CC(=O)Nc4cccc(F)c4F)c3)ncnc2c1. The van der Waals surface area contributed by atoms with Gasteiger partial charge >= 0.3 is 0 Å². The van der Waals surface area contributed by atoms with Crippen molar-refractivity contribution in [1.82, 2.24) is 19.7 Å². The van der Waals surface area contributed by atoms with E-state index in [9.17, 15) is 18.7 Å². The molecule has 0 aliphatic heterocycles.